The van der Waals surface area contributed by atoms with E-state index in [1.54, 1.807) is 6.20 Å². The highest BCUT2D eigenvalue weighted by molar-refractivity contribution is 5.29. The van der Waals surface area contributed by atoms with Crippen LogP contribution in [0.5, 0.6) is 5.75 Å². The summed E-state index contributed by atoms with van der Waals surface area (Å²) in [5.41, 5.74) is 3.27. The SMILES string of the molecule is CN(CCCN/C(=C/[N+](=O)[O-])NCCCOc1cccc(CN2CCCCC2)c1)CCC(c1ccc(F)cc1)c1ccccn1. The first-order valence-corrected chi connectivity index (χ1v) is 16.1. The Morgan fingerprint density at radius 1 is 1.04 bits per heavy atom. The van der Waals surface area contributed by atoms with Crippen LogP contribution >= 0.6 is 0 Å². The van der Waals surface area contributed by atoms with Gasteiger partial charge < -0.3 is 20.3 Å². The van der Waals surface area contributed by atoms with Crippen LogP contribution in [0.2, 0.25) is 0 Å². The fraction of sp³-hybridized carbons (Fsp3) is 0.457. The maximum Gasteiger partial charge on any atom is 0.274 e. The quantitative estimate of drug-likeness (QED) is 0.0993. The van der Waals surface area contributed by atoms with Gasteiger partial charge in [0.2, 0.25) is 0 Å². The van der Waals surface area contributed by atoms with Crippen LogP contribution in [0.25, 0.3) is 0 Å². The molecule has 2 aromatic carbocycles. The molecule has 0 saturated carbocycles. The molecule has 0 aliphatic carbocycles. The maximum absolute atomic E-state index is 13.5. The normalized spacial score (nSPS) is 14.7. The summed E-state index contributed by atoms with van der Waals surface area (Å²) in [5.74, 6) is 1.08. The summed E-state index contributed by atoms with van der Waals surface area (Å²) in [7, 11) is 2.07. The zero-order valence-corrected chi connectivity index (χ0v) is 26.4. The standard InChI is InChI=1S/C35H47FN6O3/c1-40(24-17-33(34-12-3-4-18-37-34)30-13-15-31(36)16-14-30)21-8-19-38-35(28-42(43)44)39-20-9-25-45-32-11-7-10-29(26-32)27-41-22-5-2-6-23-41/h3-4,7,10-16,18,26,28,33,38-39H,2,5-6,8-9,17,19-25,27H2,1H3/b35-28-. The Labute approximate surface area is 266 Å². The van der Waals surface area contributed by atoms with Gasteiger partial charge in [-0.15, -0.1) is 0 Å². The molecular formula is C35H47FN6O3. The summed E-state index contributed by atoms with van der Waals surface area (Å²) >= 11 is 0. The number of ether oxygens (including phenoxy) is 1. The molecular weight excluding hydrogens is 571 g/mol. The van der Waals surface area contributed by atoms with Crippen molar-refractivity contribution in [3.63, 3.8) is 0 Å². The van der Waals surface area contributed by atoms with Gasteiger partial charge in [-0.05, 0) is 113 Å². The molecule has 3 aromatic rings. The summed E-state index contributed by atoms with van der Waals surface area (Å²) in [6, 6.07) is 20.8. The Hall–Kier alpha value is -4.02. The number of halogens is 1. The minimum Gasteiger partial charge on any atom is -0.494 e. The minimum absolute atomic E-state index is 0.0682. The predicted octanol–water partition coefficient (Wildman–Crippen LogP) is 5.77. The first-order chi connectivity index (χ1) is 22.0. The Balaban J connectivity index is 1.14. The van der Waals surface area contributed by atoms with Crippen LogP contribution < -0.4 is 15.4 Å². The number of nitro groups is 1. The molecule has 0 radical (unpaired) electrons. The van der Waals surface area contributed by atoms with Crippen LogP contribution in [-0.4, -0.2) is 72.6 Å². The molecule has 242 valence electrons. The highest BCUT2D eigenvalue weighted by Crippen LogP contribution is 2.27. The molecule has 1 atom stereocenters. The molecule has 2 N–H and O–H groups in total. The van der Waals surface area contributed by atoms with Crippen molar-refractivity contribution in [3.8, 4) is 5.75 Å². The number of nitrogens with one attached hydrogen (secondary N) is 2. The number of hydrogen-bond donors (Lipinski definition) is 2. The van der Waals surface area contributed by atoms with E-state index in [1.807, 2.05) is 42.5 Å². The van der Waals surface area contributed by atoms with Crippen molar-refractivity contribution in [1.82, 2.24) is 25.4 Å². The molecule has 1 unspecified atom stereocenters. The van der Waals surface area contributed by atoms with Gasteiger partial charge in [0.05, 0.1) is 11.5 Å². The molecule has 1 aliphatic rings. The number of hydrogen-bond acceptors (Lipinski definition) is 8. The number of benzene rings is 2. The molecule has 1 saturated heterocycles. The second-order valence-electron chi connectivity index (χ2n) is 11.7. The molecule has 1 aliphatic heterocycles. The van der Waals surface area contributed by atoms with Gasteiger partial charge in [0, 0.05) is 37.4 Å². The number of pyridine rings is 1. The van der Waals surface area contributed by atoms with Crippen molar-refractivity contribution in [3.05, 3.63) is 118 Å². The topological polar surface area (TPSA) is 95.8 Å². The van der Waals surface area contributed by atoms with E-state index in [1.165, 1.54) is 37.0 Å². The number of nitrogens with zero attached hydrogens (tertiary/aromatic N) is 4. The molecule has 2 heterocycles. The van der Waals surface area contributed by atoms with E-state index < -0.39 is 4.92 Å². The third-order valence-electron chi connectivity index (χ3n) is 8.04. The van der Waals surface area contributed by atoms with Crippen molar-refractivity contribution >= 4 is 0 Å². The average molecular weight is 619 g/mol. The van der Waals surface area contributed by atoms with Gasteiger partial charge in [-0.25, -0.2) is 4.39 Å². The molecule has 45 heavy (non-hydrogen) atoms. The van der Waals surface area contributed by atoms with Gasteiger partial charge in [-0.3, -0.25) is 20.0 Å². The lowest BCUT2D eigenvalue weighted by molar-refractivity contribution is -0.404. The van der Waals surface area contributed by atoms with Gasteiger partial charge in [0.1, 0.15) is 11.6 Å². The van der Waals surface area contributed by atoms with E-state index in [2.05, 4.69) is 44.6 Å². The van der Waals surface area contributed by atoms with Crippen molar-refractivity contribution < 1.29 is 14.1 Å². The summed E-state index contributed by atoms with van der Waals surface area (Å²) in [6.07, 6.45) is 9.00. The van der Waals surface area contributed by atoms with Gasteiger partial charge in [0.15, 0.2) is 5.82 Å². The summed E-state index contributed by atoms with van der Waals surface area (Å²) in [5, 5.41) is 17.5. The van der Waals surface area contributed by atoms with Crippen LogP contribution in [0.15, 0.2) is 84.9 Å². The van der Waals surface area contributed by atoms with E-state index in [4.69, 9.17) is 4.74 Å². The Morgan fingerprint density at radius 2 is 1.82 bits per heavy atom. The van der Waals surface area contributed by atoms with E-state index >= 15 is 0 Å². The molecule has 1 fully saturated rings. The zero-order chi connectivity index (χ0) is 31.7. The largest absolute Gasteiger partial charge is 0.494 e. The molecule has 0 amide bonds. The Bertz CT molecular complexity index is 1320. The highest BCUT2D eigenvalue weighted by atomic mass is 19.1. The molecule has 0 spiro atoms. The third kappa shape index (κ3) is 12.5. The van der Waals surface area contributed by atoms with Gasteiger partial charge in [-0.1, -0.05) is 36.8 Å². The first kappa shape index (κ1) is 33.9. The lowest BCUT2D eigenvalue weighted by atomic mass is 9.91. The van der Waals surface area contributed by atoms with Gasteiger partial charge in [-0.2, -0.15) is 0 Å². The van der Waals surface area contributed by atoms with Crippen LogP contribution in [0.1, 0.15) is 61.3 Å². The van der Waals surface area contributed by atoms with Crippen molar-refractivity contribution in [2.45, 2.75) is 51.0 Å². The van der Waals surface area contributed by atoms with E-state index in [9.17, 15) is 14.5 Å². The second-order valence-corrected chi connectivity index (χ2v) is 11.7. The van der Waals surface area contributed by atoms with E-state index in [0.29, 0.717) is 31.9 Å². The van der Waals surface area contributed by atoms with E-state index in [0.717, 1.165) is 68.8 Å². The Kier molecular flexibility index (Phi) is 14.1. The number of rotatable bonds is 19. The fourth-order valence-electron chi connectivity index (χ4n) is 5.65. The summed E-state index contributed by atoms with van der Waals surface area (Å²) in [6.45, 7) is 6.60. The van der Waals surface area contributed by atoms with Crippen molar-refractivity contribution in [2.24, 2.45) is 0 Å². The smallest absolute Gasteiger partial charge is 0.274 e. The van der Waals surface area contributed by atoms with Crippen LogP contribution in [-0.2, 0) is 6.54 Å². The number of likely N-dealkylation sites (tertiary alicyclic amines) is 1. The van der Waals surface area contributed by atoms with Gasteiger partial charge >= 0.3 is 0 Å². The lowest BCUT2D eigenvalue weighted by Gasteiger charge is -2.26. The maximum atomic E-state index is 13.5. The summed E-state index contributed by atoms with van der Waals surface area (Å²) < 4.78 is 19.5. The monoisotopic (exact) mass is 618 g/mol. The zero-order valence-electron chi connectivity index (χ0n) is 26.4. The molecule has 1 aromatic heterocycles. The van der Waals surface area contributed by atoms with Crippen LogP contribution in [0.4, 0.5) is 4.39 Å². The number of piperidine rings is 1. The van der Waals surface area contributed by atoms with Gasteiger partial charge in [0.25, 0.3) is 6.20 Å². The van der Waals surface area contributed by atoms with Crippen LogP contribution in [0.3, 0.4) is 0 Å². The van der Waals surface area contributed by atoms with Crippen molar-refractivity contribution in [2.75, 3.05) is 52.9 Å². The molecule has 10 heteroatoms. The number of aromatic nitrogens is 1. The lowest BCUT2D eigenvalue weighted by Crippen LogP contribution is -2.31. The second kappa shape index (κ2) is 18.7. The van der Waals surface area contributed by atoms with E-state index in [-0.39, 0.29) is 11.7 Å². The van der Waals surface area contributed by atoms with Crippen LogP contribution in [0, 0.1) is 15.9 Å². The highest BCUT2D eigenvalue weighted by Gasteiger charge is 2.16. The fourth-order valence-corrected chi connectivity index (χ4v) is 5.65. The molecule has 4 rings (SSSR count). The molecule has 0 bridgehead atoms. The van der Waals surface area contributed by atoms with Crippen molar-refractivity contribution in [1.29, 1.82) is 0 Å². The summed E-state index contributed by atoms with van der Waals surface area (Å²) in [4.78, 5) is 20.0. The first-order valence-electron chi connectivity index (χ1n) is 16.1. The molecule has 9 nitrogen and oxygen atoms in total. The Morgan fingerprint density at radius 3 is 2.56 bits per heavy atom. The minimum atomic E-state index is -0.445. The predicted molar refractivity (Wildman–Crippen MR) is 176 cm³/mol. The third-order valence-corrected chi connectivity index (χ3v) is 8.04. The average Bonchev–Trinajstić information content (AvgIpc) is 3.04.